The van der Waals surface area contributed by atoms with Gasteiger partial charge in [-0.05, 0) is 23.8 Å². The van der Waals surface area contributed by atoms with Crippen molar-refractivity contribution in [2.75, 3.05) is 5.73 Å². The zero-order valence-electron chi connectivity index (χ0n) is 8.38. The summed E-state index contributed by atoms with van der Waals surface area (Å²) in [7, 11) is 0. The molecule has 0 radical (unpaired) electrons. The van der Waals surface area contributed by atoms with Crippen molar-refractivity contribution in [1.29, 1.82) is 0 Å². The number of nitrogen functional groups attached to an aromatic ring is 1. The molecule has 0 saturated heterocycles. The van der Waals surface area contributed by atoms with Gasteiger partial charge in [-0.15, -0.1) is 0 Å². The van der Waals surface area contributed by atoms with Gasteiger partial charge in [0.2, 0.25) is 0 Å². The normalized spacial score (nSPS) is 10.5. The van der Waals surface area contributed by atoms with E-state index in [4.69, 9.17) is 10.8 Å². The molecule has 0 atom stereocenters. The lowest BCUT2D eigenvalue weighted by molar-refractivity contribution is -0.136. The summed E-state index contributed by atoms with van der Waals surface area (Å²) in [5.41, 5.74) is 6.37. The van der Waals surface area contributed by atoms with E-state index in [-0.39, 0.29) is 17.7 Å². The van der Waals surface area contributed by atoms with Crippen LogP contribution >= 0.6 is 0 Å². The summed E-state index contributed by atoms with van der Waals surface area (Å²) < 4.78 is 1.35. The molecule has 0 amide bonds. The first-order valence-electron chi connectivity index (χ1n) is 4.70. The minimum Gasteiger partial charge on any atom is -0.481 e. The summed E-state index contributed by atoms with van der Waals surface area (Å²) in [4.78, 5) is 22.3. The summed E-state index contributed by atoms with van der Waals surface area (Å²) in [5, 5.41) is 8.76. The first-order valence-corrected chi connectivity index (χ1v) is 4.70. The van der Waals surface area contributed by atoms with Crippen LogP contribution in [0.25, 0.3) is 5.52 Å². The van der Waals surface area contributed by atoms with Gasteiger partial charge >= 0.3 is 5.97 Å². The zero-order chi connectivity index (χ0) is 11.7. The molecule has 0 aliphatic rings. The first kappa shape index (κ1) is 10.2. The maximum Gasteiger partial charge on any atom is 0.307 e. The van der Waals surface area contributed by atoms with Crippen LogP contribution in [0.15, 0.2) is 35.3 Å². The number of carboxylic acids is 1. The van der Waals surface area contributed by atoms with E-state index < -0.39 is 5.97 Å². The van der Waals surface area contributed by atoms with Crippen LogP contribution in [0, 0.1) is 0 Å². The molecule has 0 aliphatic heterocycles. The molecule has 0 fully saturated rings. The van der Waals surface area contributed by atoms with Crippen LogP contribution in [0.3, 0.4) is 0 Å². The molecule has 5 heteroatoms. The standard InChI is InChI=1S/C11H10N2O3/c12-8-5-7(6-10(14)15)9-3-1-2-4-13(9)11(8)16/h1-5H,6,12H2,(H,14,15). The lowest BCUT2D eigenvalue weighted by atomic mass is 10.1. The predicted octanol–water partition coefficient (Wildman–Crippen LogP) is 0.509. The quantitative estimate of drug-likeness (QED) is 0.769. The van der Waals surface area contributed by atoms with E-state index in [1.165, 1.54) is 10.5 Å². The second kappa shape index (κ2) is 3.69. The maximum absolute atomic E-state index is 11.7. The van der Waals surface area contributed by atoms with Gasteiger partial charge in [-0.1, -0.05) is 6.07 Å². The average Bonchev–Trinajstić information content (AvgIpc) is 2.25. The van der Waals surface area contributed by atoms with Gasteiger partial charge in [0.1, 0.15) is 0 Å². The smallest absolute Gasteiger partial charge is 0.307 e. The topological polar surface area (TPSA) is 84.8 Å². The van der Waals surface area contributed by atoms with Crippen molar-refractivity contribution in [2.24, 2.45) is 0 Å². The lowest BCUT2D eigenvalue weighted by Crippen LogP contribution is -2.19. The summed E-state index contributed by atoms with van der Waals surface area (Å²) in [6.07, 6.45) is 1.41. The van der Waals surface area contributed by atoms with E-state index in [1.807, 2.05) is 0 Å². The molecule has 0 aliphatic carbocycles. The number of nitrogens with zero attached hydrogens (tertiary/aromatic N) is 1. The molecule has 0 unspecified atom stereocenters. The van der Waals surface area contributed by atoms with Crippen molar-refractivity contribution >= 4 is 17.2 Å². The van der Waals surface area contributed by atoms with Gasteiger partial charge in [0.05, 0.1) is 17.6 Å². The molecule has 5 nitrogen and oxygen atoms in total. The Labute approximate surface area is 90.7 Å². The summed E-state index contributed by atoms with van der Waals surface area (Å²) in [6.45, 7) is 0. The van der Waals surface area contributed by atoms with Gasteiger partial charge in [-0.25, -0.2) is 0 Å². The monoisotopic (exact) mass is 218 g/mol. The predicted molar refractivity (Wildman–Crippen MR) is 59.4 cm³/mol. The third-order valence-corrected chi connectivity index (χ3v) is 2.33. The second-order valence-corrected chi connectivity index (χ2v) is 3.46. The number of fused-ring (bicyclic) bond motifs is 1. The molecule has 2 heterocycles. The number of aromatic nitrogens is 1. The van der Waals surface area contributed by atoms with Crippen molar-refractivity contribution in [3.63, 3.8) is 0 Å². The minimum absolute atomic E-state index is 0.0555. The number of aliphatic carboxylic acids is 1. The van der Waals surface area contributed by atoms with Gasteiger partial charge in [-0.2, -0.15) is 0 Å². The Hall–Kier alpha value is -2.30. The summed E-state index contributed by atoms with van der Waals surface area (Å²) >= 11 is 0. The molecular weight excluding hydrogens is 208 g/mol. The number of carboxylic acid groups (broad SMARTS) is 1. The summed E-state index contributed by atoms with van der Waals surface area (Å²) in [6, 6.07) is 6.56. The highest BCUT2D eigenvalue weighted by Gasteiger charge is 2.09. The van der Waals surface area contributed by atoms with Crippen LogP contribution in [-0.4, -0.2) is 15.5 Å². The van der Waals surface area contributed by atoms with Crippen molar-refractivity contribution in [3.8, 4) is 0 Å². The fourth-order valence-corrected chi connectivity index (χ4v) is 1.65. The zero-order valence-corrected chi connectivity index (χ0v) is 8.38. The summed E-state index contributed by atoms with van der Waals surface area (Å²) in [5.74, 6) is -0.955. The SMILES string of the molecule is Nc1cc(CC(=O)O)c2ccccn2c1=O. The van der Waals surface area contributed by atoms with E-state index in [0.29, 0.717) is 11.1 Å². The molecule has 2 aromatic rings. The maximum atomic E-state index is 11.7. The number of nitrogens with two attached hydrogens (primary N) is 1. The van der Waals surface area contributed by atoms with E-state index in [9.17, 15) is 9.59 Å². The average molecular weight is 218 g/mol. The third-order valence-electron chi connectivity index (χ3n) is 2.33. The highest BCUT2D eigenvalue weighted by atomic mass is 16.4. The molecule has 2 aromatic heterocycles. The van der Waals surface area contributed by atoms with Crippen LogP contribution in [-0.2, 0) is 11.2 Å². The Morgan fingerprint density at radius 1 is 1.44 bits per heavy atom. The van der Waals surface area contributed by atoms with Crippen molar-refractivity contribution in [2.45, 2.75) is 6.42 Å². The van der Waals surface area contributed by atoms with Crippen LogP contribution < -0.4 is 11.3 Å². The van der Waals surface area contributed by atoms with Crippen molar-refractivity contribution < 1.29 is 9.90 Å². The molecular formula is C11H10N2O3. The molecule has 0 bridgehead atoms. The van der Waals surface area contributed by atoms with Crippen molar-refractivity contribution in [3.05, 3.63) is 46.4 Å². The first-order chi connectivity index (χ1) is 7.59. The number of pyridine rings is 2. The van der Waals surface area contributed by atoms with E-state index in [1.54, 1.807) is 24.4 Å². The fourth-order valence-electron chi connectivity index (χ4n) is 1.65. The highest BCUT2D eigenvalue weighted by molar-refractivity contribution is 5.75. The van der Waals surface area contributed by atoms with Gasteiger partial charge in [0.25, 0.3) is 5.56 Å². The molecule has 82 valence electrons. The van der Waals surface area contributed by atoms with Gasteiger partial charge in [0, 0.05) is 6.20 Å². The highest BCUT2D eigenvalue weighted by Crippen LogP contribution is 2.12. The minimum atomic E-state index is -0.955. The van der Waals surface area contributed by atoms with Crippen molar-refractivity contribution in [1.82, 2.24) is 4.40 Å². The largest absolute Gasteiger partial charge is 0.481 e. The molecule has 0 spiro atoms. The lowest BCUT2D eigenvalue weighted by Gasteiger charge is -2.06. The Kier molecular flexibility index (Phi) is 2.36. The van der Waals surface area contributed by atoms with Gasteiger partial charge < -0.3 is 10.8 Å². The van der Waals surface area contributed by atoms with E-state index in [0.717, 1.165) is 0 Å². The third kappa shape index (κ3) is 1.63. The number of hydrogen-bond acceptors (Lipinski definition) is 3. The van der Waals surface area contributed by atoms with Crippen LogP contribution in [0.5, 0.6) is 0 Å². The van der Waals surface area contributed by atoms with E-state index in [2.05, 4.69) is 0 Å². The van der Waals surface area contributed by atoms with Crippen LogP contribution in [0.4, 0.5) is 5.69 Å². The molecule has 0 saturated carbocycles. The van der Waals surface area contributed by atoms with Gasteiger partial charge in [-0.3, -0.25) is 14.0 Å². The molecule has 2 rings (SSSR count). The number of hydrogen-bond donors (Lipinski definition) is 2. The Balaban J connectivity index is 2.79. The van der Waals surface area contributed by atoms with Gasteiger partial charge in [0.15, 0.2) is 0 Å². The Bertz CT molecular complexity index is 616. The number of rotatable bonds is 2. The molecule has 0 aromatic carbocycles. The number of carbonyl (C=O) groups is 1. The van der Waals surface area contributed by atoms with E-state index >= 15 is 0 Å². The molecule has 16 heavy (non-hydrogen) atoms. The number of anilines is 1. The molecule has 3 N–H and O–H groups in total. The van der Waals surface area contributed by atoms with Crippen LogP contribution in [0.2, 0.25) is 0 Å². The second-order valence-electron chi connectivity index (χ2n) is 3.46. The van der Waals surface area contributed by atoms with Crippen LogP contribution in [0.1, 0.15) is 5.56 Å². The Morgan fingerprint density at radius 3 is 2.88 bits per heavy atom. The Morgan fingerprint density at radius 2 is 2.19 bits per heavy atom. The fraction of sp³-hybridized carbons (Fsp3) is 0.0909.